The van der Waals surface area contributed by atoms with Gasteiger partial charge in [0, 0.05) is 28.4 Å². The largest absolute Gasteiger partial charge is 0.387 e. The molecule has 0 aromatic heterocycles. The summed E-state index contributed by atoms with van der Waals surface area (Å²) in [5, 5.41) is 21.5. The van der Waals surface area contributed by atoms with Crippen LogP contribution in [-0.2, 0) is 37.9 Å². The van der Waals surface area contributed by atoms with Crippen molar-refractivity contribution in [3.63, 3.8) is 0 Å². The molecular formula is C18H32O10. The average Bonchev–Trinajstić information content (AvgIpc) is 2.69. The minimum Gasteiger partial charge on any atom is -0.387 e. The highest BCUT2D eigenvalue weighted by molar-refractivity contribution is 5.09. The Morgan fingerprint density at radius 3 is 0.929 bits per heavy atom. The Bertz CT molecular complexity index is 541. The summed E-state index contributed by atoms with van der Waals surface area (Å²) < 4.78 is 46.6. The maximum absolute atomic E-state index is 10.8. The highest BCUT2D eigenvalue weighted by atomic mass is 16.8. The Morgan fingerprint density at radius 1 is 0.500 bits per heavy atom. The van der Waals surface area contributed by atoms with Crippen molar-refractivity contribution in [1.29, 1.82) is 0 Å². The van der Waals surface area contributed by atoms with E-state index < -0.39 is 59.8 Å². The van der Waals surface area contributed by atoms with Crippen LogP contribution in [0.1, 0.15) is 27.7 Å². The number of ether oxygens (including phenoxy) is 8. The molecule has 1 saturated carbocycles. The molecule has 0 amide bonds. The standard InChI is InChI=1S/C18H32O10/c1-15(21-5)17(3,23-7)27-13-11(25-15)9(19)10(20)12-14(13)28-18(4,24-8)16(2,22-6)26-12/h9-14,19-20H,1-8H3/t9-,10+,11-,12-,13+,14+,15+,16+,17+,18+/m1/s1. The molecule has 0 aromatic carbocycles. The number of rotatable bonds is 4. The van der Waals surface area contributed by atoms with Crippen molar-refractivity contribution in [2.75, 3.05) is 28.4 Å². The molecule has 2 saturated heterocycles. The number of aliphatic hydroxyl groups is 2. The van der Waals surface area contributed by atoms with Crippen molar-refractivity contribution in [2.24, 2.45) is 0 Å². The molecule has 164 valence electrons. The van der Waals surface area contributed by atoms with Gasteiger partial charge in [-0.15, -0.1) is 0 Å². The lowest BCUT2D eigenvalue weighted by Crippen LogP contribution is -2.79. The van der Waals surface area contributed by atoms with Crippen molar-refractivity contribution in [3.05, 3.63) is 0 Å². The van der Waals surface area contributed by atoms with Crippen LogP contribution in [-0.4, -0.2) is 98.4 Å². The highest BCUT2D eigenvalue weighted by Gasteiger charge is 2.69. The molecule has 3 fully saturated rings. The average molecular weight is 408 g/mol. The molecule has 0 radical (unpaired) electrons. The minimum absolute atomic E-state index is 0.840. The molecule has 0 unspecified atom stereocenters. The summed E-state index contributed by atoms with van der Waals surface area (Å²) in [7, 11) is 5.82. The summed E-state index contributed by atoms with van der Waals surface area (Å²) in [5.41, 5.74) is 0. The Labute approximate surface area is 164 Å². The van der Waals surface area contributed by atoms with E-state index in [-0.39, 0.29) is 0 Å². The Kier molecular flexibility index (Phi) is 5.64. The van der Waals surface area contributed by atoms with Crippen LogP contribution in [0.25, 0.3) is 0 Å². The zero-order chi connectivity index (χ0) is 21.1. The van der Waals surface area contributed by atoms with Gasteiger partial charge in [-0.2, -0.15) is 0 Å². The summed E-state index contributed by atoms with van der Waals surface area (Å²) >= 11 is 0. The van der Waals surface area contributed by atoms with Crippen molar-refractivity contribution >= 4 is 0 Å². The van der Waals surface area contributed by atoms with Crippen molar-refractivity contribution in [1.82, 2.24) is 0 Å². The smallest absolute Gasteiger partial charge is 0.220 e. The fraction of sp³-hybridized carbons (Fsp3) is 1.00. The van der Waals surface area contributed by atoms with Gasteiger partial charge in [0.15, 0.2) is 0 Å². The molecule has 2 heterocycles. The van der Waals surface area contributed by atoms with E-state index in [1.54, 1.807) is 27.7 Å². The SMILES string of the molecule is CO[C@@]1(C)O[C@@H]2[C@H]3O[C@](C)(OC)[C@@](C)(OC)O[C@@H]3[C@@H](O)[C@@H](O)[C@H]2O[C@]1(C)OC. The van der Waals surface area contributed by atoms with Crippen molar-refractivity contribution < 1.29 is 48.1 Å². The first-order valence-electron chi connectivity index (χ1n) is 9.23. The van der Waals surface area contributed by atoms with Gasteiger partial charge < -0.3 is 48.1 Å². The number of aliphatic hydroxyl groups excluding tert-OH is 2. The second-order valence-corrected chi connectivity index (χ2v) is 7.91. The highest BCUT2D eigenvalue weighted by Crippen LogP contribution is 2.49. The summed E-state index contributed by atoms with van der Waals surface area (Å²) in [6, 6.07) is 0. The first-order chi connectivity index (χ1) is 12.9. The molecule has 3 aliphatic rings. The fourth-order valence-corrected chi connectivity index (χ4v) is 4.09. The van der Waals surface area contributed by atoms with Crippen molar-refractivity contribution in [2.45, 2.75) is 87.5 Å². The van der Waals surface area contributed by atoms with E-state index in [9.17, 15) is 10.2 Å². The predicted octanol–water partition coefficient (Wildman–Crippen LogP) is -0.260. The molecule has 2 N–H and O–H groups in total. The summed E-state index contributed by atoms with van der Waals surface area (Å²) in [6.07, 6.45) is -6.24. The molecule has 2 aliphatic heterocycles. The van der Waals surface area contributed by atoms with E-state index in [0.717, 1.165) is 0 Å². The van der Waals surface area contributed by atoms with E-state index in [1.807, 2.05) is 0 Å². The number of hydrogen-bond acceptors (Lipinski definition) is 10. The lowest BCUT2D eigenvalue weighted by atomic mass is 9.81. The predicted molar refractivity (Wildman–Crippen MR) is 93.2 cm³/mol. The van der Waals surface area contributed by atoms with Crippen LogP contribution in [0.3, 0.4) is 0 Å². The third-order valence-corrected chi connectivity index (χ3v) is 6.65. The molecule has 10 heteroatoms. The lowest BCUT2D eigenvalue weighted by Gasteiger charge is -2.61. The summed E-state index contributed by atoms with van der Waals surface area (Å²) in [6.45, 7) is 6.60. The van der Waals surface area contributed by atoms with Gasteiger partial charge in [-0.05, 0) is 27.7 Å². The monoisotopic (exact) mass is 408 g/mol. The molecule has 3 rings (SSSR count). The normalized spacial score (nSPS) is 56.8. The van der Waals surface area contributed by atoms with Gasteiger partial charge in [0.25, 0.3) is 0 Å². The van der Waals surface area contributed by atoms with Gasteiger partial charge in [-0.1, -0.05) is 0 Å². The second kappa shape index (κ2) is 7.09. The van der Waals surface area contributed by atoms with Crippen molar-refractivity contribution in [3.8, 4) is 0 Å². The molecule has 28 heavy (non-hydrogen) atoms. The quantitative estimate of drug-likeness (QED) is 0.645. The third-order valence-electron chi connectivity index (χ3n) is 6.65. The van der Waals surface area contributed by atoms with E-state index in [2.05, 4.69) is 0 Å². The van der Waals surface area contributed by atoms with Crippen LogP contribution in [0.2, 0.25) is 0 Å². The second-order valence-electron chi connectivity index (χ2n) is 7.91. The zero-order valence-corrected chi connectivity index (χ0v) is 17.6. The summed E-state index contributed by atoms with van der Waals surface area (Å²) in [5.74, 6) is -5.30. The first-order valence-corrected chi connectivity index (χ1v) is 9.23. The van der Waals surface area contributed by atoms with Crippen LogP contribution in [0.4, 0.5) is 0 Å². The first kappa shape index (κ1) is 22.3. The van der Waals surface area contributed by atoms with Gasteiger partial charge >= 0.3 is 0 Å². The van der Waals surface area contributed by atoms with Gasteiger partial charge in [0.2, 0.25) is 23.1 Å². The van der Waals surface area contributed by atoms with Crippen LogP contribution in [0.15, 0.2) is 0 Å². The van der Waals surface area contributed by atoms with Gasteiger partial charge in [-0.3, -0.25) is 0 Å². The number of hydrogen-bond donors (Lipinski definition) is 2. The van der Waals surface area contributed by atoms with Gasteiger partial charge in [-0.25, -0.2) is 0 Å². The lowest BCUT2D eigenvalue weighted by molar-refractivity contribution is -0.510. The Hall–Kier alpha value is -0.400. The molecular weight excluding hydrogens is 376 g/mol. The zero-order valence-electron chi connectivity index (χ0n) is 17.6. The number of fused-ring (bicyclic) bond motifs is 3. The van der Waals surface area contributed by atoms with E-state index in [0.29, 0.717) is 0 Å². The third kappa shape index (κ3) is 2.86. The van der Waals surface area contributed by atoms with E-state index in [1.165, 1.54) is 28.4 Å². The Morgan fingerprint density at radius 2 is 0.714 bits per heavy atom. The summed E-state index contributed by atoms with van der Waals surface area (Å²) in [4.78, 5) is 0. The molecule has 0 aromatic rings. The van der Waals surface area contributed by atoms with E-state index >= 15 is 0 Å². The molecule has 1 aliphatic carbocycles. The minimum atomic E-state index is -1.34. The number of methoxy groups -OCH3 is 4. The Balaban J connectivity index is 2.01. The van der Waals surface area contributed by atoms with Crippen LogP contribution < -0.4 is 0 Å². The molecule has 0 bridgehead atoms. The van der Waals surface area contributed by atoms with E-state index in [4.69, 9.17) is 37.9 Å². The van der Waals surface area contributed by atoms with Gasteiger partial charge in [0.1, 0.15) is 36.6 Å². The topological polar surface area (TPSA) is 114 Å². The molecule has 10 nitrogen and oxygen atoms in total. The molecule has 10 atom stereocenters. The van der Waals surface area contributed by atoms with Crippen LogP contribution in [0.5, 0.6) is 0 Å². The van der Waals surface area contributed by atoms with Crippen LogP contribution in [0, 0.1) is 0 Å². The van der Waals surface area contributed by atoms with Gasteiger partial charge in [0.05, 0.1) is 0 Å². The van der Waals surface area contributed by atoms with Crippen LogP contribution >= 0.6 is 0 Å². The maximum Gasteiger partial charge on any atom is 0.220 e. The molecule has 0 spiro atoms. The fourth-order valence-electron chi connectivity index (χ4n) is 4.09. The maximum atomic E-state index is 10.8.